The van der Waals surface area contributed by atoms with Crippen molar-refractivity contribution in [2.45, 2.75) is 33.6 Å². The maximum atomic E-state index is 3.52. The summed E-state index contributed by atoms with van der Waals surface area (Å²) >= 11 is 0. The van der Waals surface area contributed by atoms with Gasteiger partial charge in [-0.05, 0) is 37.3 Å². The highest BCUT2D eigenvalue weighted by atomic mass is 14.9. The zero-order chi connectivity index (χ0) is 8.27. The molecule has 11 heavy (non-hydrogen) atoms. The van der Waals surface area contributed by atoms with E-state index < -0.39 is 0 Å². The molecule has 2 unspecified atom stereocenters. The van der Waals surface area contributed by atoms with E-state index >= 15 is 0 Å². The van der Waals surface area contributed by atoms with E-state index in [-0.39, 0.29) is 0 Å². The Morgan fingerprint density at radius 2 is 2.09 bits per heavy atom. The van der Waals surface area contributed by atoms with Gasteiger partial charge < -0.3 is 5.32 Å². The van der Waals surface area contributed by atoms with Gasteiger partial charge in [-0.3, -0.25) is 0 Å². The smallest absolute Gasteiger partial charge is 0.00179 e. The van der Waals surface area contributed by atoms with E-state index in [9.17, 15) is 0 Å². The van der Waals surface area contributed by atoms with Crippen molar-refractivity contribution in [3.8, 4) is 0 Å². The molecule has 1 saturated carbocycles. The Morgan fingerprint density at radius 3 is 2.45 bits per heavy atom. The Labute approximate surface area is 70.6 Å². The Bertz CT molecular complexity index is 109. The van der Waals surface area contributed by atoms with Crippen LogP contribution in [0.2, 0.25) is 0 Å². The van der Waals surface area contributed by atoms with Crippen LogP contribution < -0.4 is 5.32 Å². The molecule has 2 atom stereocenters. The molecule has 1 aliphatic rings. The monoisotopic (exact) mass is 155 g/mol. The number of rotatable bonds is 4. The van der Waals surface area contributed by atoms with Crippen LogP contribution in [0.15, 0.2) is 0 Å². The van der Waals surface area contributed by atoms with Crippen LogP contribution in [0.4, 0.5) is 0 Å². The highest BCUT2D eigenvalue weighted by molar-refractivity contribution is 4.78. The van der Waals surface area contributed by atoms with Crippen LogP contribution in [0.1, 0.15) is 33.6 Å². The lowest BCUT2D eigenvalue weighted by Gasteiger charge is -2.34. The Morgan fingerprint density at radius 1 is 1.36 bits per heavy atom. The largest absolute Gasteiger partial charge is 0.316 e. The maximum absolute atomic E-state index is 3.52. The summed E-state index contributed by atoms with van der Waals surface area (Å²) in [7, 11) is 0. The number of nitrogens with one attached hydrogen (secondary N) is 1. The summed E-state index contributed by atoms with van der Waals surface area (Å²) in [6.45, 7) is 9.32. The molecule has 0 amide bonds. The zero-order valence-corrected chi connectivity index (χ0v) is 8.06. The molecule has 0 spiro atoms. The molecule has 0 saturated heterocycles. The second-order valence-corrected chi connectivity index (χ2v) is 4.37. The lowest BCUT2D eigenvalue weighted by atomic mass is 9.75. The van der Waals surface area contributed by atoms with E-state index in [4.69, 9.17) is 0 Å². The predicted molar refractivity (Wildman–Crippen MR) is 49.6 cm³/mol. The molecular weight excluding hydrogens is 134 g/mol. The van der Waals surface area contributed by atoms with Gasteiger partial charge in [-0.15, -0.1) is 0 Å². The van der Waals surface area contributed by atoms with E-state index in [0.717, 1.165) is 17.8 Å². The fourth-order valence-corrected chi connectivity index (χ4v) is 1.60. The number of hydrogen-bond donors (Lipinski definition) is 1. The standard InChI is InChI=1S/C10H21N/c1-8(2)6-11-7-10-5-4-9(10)3/h8-11H,4-7H2,1-3H3. The van der Waals surface area contributed by atoms with Gasteiger partial charge in [-0.25, -0.2) is 0 Å². The molecule has 0 bridgehead atoms. The van der Waals surface area contributed by atoms with Gasteiger partial charge in [-0.1, -0.05) is 27.2 Å². The summed E-state index contributed by atoms with van der Waals surface area (Å²) in [6, 6.07) is 0. The minimum atomic E-state index is 0.797. The van der Waals surface area contributed by atoms with Gasteiger partial charge in [0.1, 0.15) is 0 Å². The van der Waals surface area contributed by atoms with Crippen molar-refractivity contribution in [1.29, 1.82) is 0 Å². The third kappa shape index (κ3) is 2.82. The molecule has 1 fully saturated rings. The zero-order valence-electron chi connectivity index (χ0n) is 8.06. The van der Waals surface area contributed by atoms with Crippen molar-refractivity contribution in [2.24, 2.45) is 17.8 Å². The minimum absolute atomic E-state index is 0.797. The maximum Gasteiger partial charge on any atom is -0.00179 e. The molecule has 0 aromatic heterocycles. The molecular formula is C10H21N. The van der Waals surface area contributed by atoms with E-state index in [1.807, 2.05) is 0 Å². The van der Waals surface area contributed by atoms with Gasteiger partial charge in [0.2, 0.25) is 0 Å². The summed E-state index contributed by atoms with van der Waals surface area (Å²) < 4.78 is 0. The summed E-state index contributed by atoms with van der Waals surface area (Å²) in [6.07, 6.45) is 2.90. The van der Waals surface area contributed by atoms with E-state index in [1.165, 1.54) is 25.9 Å². The molecule has 1 heteroatoms. The van der Waals surface area contributed by atoms with Gasteiger partial charge in [0.05, 0.1) is 0 Å². The molecule has 0 aromatic carbocycles. The molecule has 0 radical (unpaired) electrons. The van der Waals surface area contributed by atoms with Gasteiger partial charge in [0.25, 0.3) is 0 Å². The highest BCUT2D eigenvalue weighted by Crippen LogP contribution is 2.32. The topological polar surface area (TPSA) is 12.0 Å². The minimum Gasteiger partial charge on any atom is -0.316 e. The fourth-order valence-electron chi connectivity index (χ4n) is 1.60. The molecule has 0 aliphatic heterocycles. The summed E-state index contributed by atoms with van der Waals surface area (Å²) in [4.78, 5) is 0. The molecule has 1 aliphatic carbocycles. The predicted octanol–water partition coefficient (Wildman–Crippen LogP) is 2.28. The van der Waals surface area contributed by atoms with Crippen molar-refractivity contribution in [3.05, 3.63) is 0 Å². The second-order valence-electron chi connectivity index (χ2n) is 4.37. The van der Waals surface area contributed by atoms with E-state index in [0.29, 0.717) is 0 Å². The molecule has 1 N–H and O–H groups in total. The van der Waals surface area contributed by atoms with Crippen LogP contribution in [0.25, 0.3) is 0 Å². The van der Waals surface area contributed by atoms with Gasteiger partial charge in [0.15, 0.2) is 0 Å². The summed E-state index contributed by atoms with van der Waals surface area (Å²) in [5.41, 5.74) is 0. The number of hydrogen-bond acceptors (Lipinski definition) is 1. The molecule has 0 heterocycles. The fraction of sp³-hybridized carbons (Fsp3) is 1.00. The van der Waals surface area contributed by atoms with Crippen molar-refractivity contribution in [1.82, 2.24) is 5.32 Å². The third-order valence-electron chi connectivity index (χ3n) is 2.76. The average molecular weight is 155 g/mol. The first-order valence-corrected chi connectivity index (χ1v) is 4.91. The lowest BCUT2D eigenvalue weighted by Crippen LogP contribution is -2.35. The Kier molecular flexibility index (Phi) is 3.38. The van der Waals surface area contributed by atoms with Gasteiger partial charge >= 0.3 is 0 Å². The van der Waals surface area contributed by atoms with Crippen molar-refractivity contribution in [3.63, 3.8) is 0 Å². The van der Waals surface area contributed by atoms with Gasteiger partial charge in [0, 0.05) is 0 Å². The van der Waals surface area contributed by atoms with Crippen LogP contribution in [0.5, 0.6) is 0 Å². The van der Waals surface area contributed by atoms with Crippen LogP contribution in [0, 0.1) is 17.8 Å². The van der Waals surface area contributed by atoms with Crippen LogP contribution >= 0.6 is 0 Å². The lowest BCUT2D eigenvalue weighted by molar-refractivity contribution is 0.189. The summed E-state index contributed by atoms with van der Waals surface area (Å²) in [5, 5.41) is 3.52. The van der Waals surface area contributed by atoms with Crippen molar-refractivity contribution >= 4 is 0 Å². The molecule has 0 aromatic rings. The first-order chi connectivity index (χ1) is 5.20. The highest BCUT2D eigenvalue weighted by Gasteiger charge is 2.25. The van der Waals surface area contributed by atoms with Crippen molar-refractivity contribution < 1.29 is 0 Å². The van der Waals surface area contributed by atoms with Gasteiger partial charge in [-0.2, -0.15) is 0 Å². The van der Waals surface area contributed by atoms with Crippen molar-refractivity contribution in [2.75, 3.05) is 13.1 Å². The molecule has 66 valence electrons. The third-order valence-corrected chi connectivity index (χ3v) is 2.76. The van der Waals surface area contributed by atoms with Crippen LogP contribution in [-0.2, 0) is 0 Å². The summed E-state index contributed by atoms with van der Waals surface area (Å²) in [5.74, 6) is 2.76. The molecule has 1 nitrogen and oxygen atoms in total. The second kappa shape index (κ2) is 4.10. The normalized spacial score (nSPS) is 30.5. The average Bonchev–Trinajstić information content (AvgIpc) is 1.94. The van der Waals surface area contributed by atoms with Crippen LogP contribution in [-0.4, -0.2) is 13.1 Å². The first kappa shape index (κ1) is 9.05. The van der Waals surface area contributed by atoms with E-state index in [2.05, 4.69) is 26.1 Å². The van der Waals surface area contributed by atoms with E-state index in [1.54, 1.807) is 0 Å². The Balaban J connectivity index is 1.95. The van der Waals surface area contributed by atoms with Crippen LogP contribution in [0.3, 0.4) is 0 Å². The SMILES string of the molecule is CC(C)CNCC1CCC1C. The Hall–Kier alpha value is -0.0400. The molecule has 1 rings (SSSR count). The first-order valence-electron chi connectivity index (χ1n) is 4.91. The quantitative estimate of drug-likeness (QED) is 0.656.